The van der Waals surface area contributed by atoms with Gasteiger partial charge in [0.2, 0.25) is 0 Å². The Bertz CT molecular complexity index is 1170. The van der Waals surface area contributed by atoms with Crippen LogP contribution in [0.25, 0.3) is 21.8 Å². The van der Waals surface area contributed by atoms with E-state index in [1.165, 1.54) is 0 Å². The van der Waals surface area contributed by atoms with Crippen molar-refractivity contribution in [1.29, 1.82) is 0 Å². The number of nitrogens with zero attached hydrogens (tertiary/aromatic N) is 1. The lowest BCUT2D eigenvalue weighted by Gasteiger charge is -2.13. The predicted octanol–water partition coefficient (Wildman–Crippen LogP) is 6.39. The number of halogens is 2. The van der Waals surface area contributed by atoms with Crippen molar-refractivity contribution in [2.24, 2.45) is 0 Å². The second-order valence-electron chi connectivity index (χ2n) is 7.15. The zero-order chi connectivity index (χ0) is 22.0. The Kier molecular flexibility index (Phi) is 6.65. The van der Waals surface area contributed by atoms with Gasteiger partial charge in [0.15, 0.2) is 12.8 Å². The molecule has 1 heterocycles. The van der Waals surface area contributed by atoms with E-state index in [1.54, 1.807) is 6.92 Å². The number of hydrogen-bond donors (Lipinski definition) is 1. The molecular formula is C24H21Br2NO4. The molecule has 5 nitrogen and oxygen atoms in total. The van der Waals surface area contributed by atoms with Crippen LogP contribution in [-0.4, -0.2) is 28.4 Å². The second kappa shape index (κ2) is 9.42. The van der Waals surface area contributed by atoms with E-state index in [0.29, 0.717) is 19.8 Å². The number of carbonyl (C=O) groups is 1. The van der Waals surface area contributed by atoms with Crippen molar-refractivity contribution < 1.29 is 19.4 Å². The molecule has 0 unspecified atom stereocenters. The molecule has 0 aliphatic rings. The van der Waals surface area contributed by atoms with E-state index < -0.39 is 12.1 Å². The fourth-order valence-electron chi connectivity index (χ4n) is 3.68. The largest absolute Gasteiger partial charge is 0.479 e. The van der Waals surface area contributed by atoms with Gasteiger partial charge >= 0.3 is 5.97 Å². The van der Waals surface area contributed by atoms with Gasteiger partial charge in [0.25, 0.3) is 0 Å². The van der Waals surface area contributed by atoms with E-state index in [4.69, 9.17) is 9.47 Å². The second-order valence-corrected chi connectivity index (χ2v) is 8.99. The van der Waals surface area contributed by atoms with Crippen molar-refractivity contribution in [2.45, 2.75) is 26.2 Å². The van der Waals surface area contributed by atoms with Crippen LogP contribution in [0.15, 0.2) is 69.6 Å². The molecule has 0 aliphatic heterocycles. The van der Waals surface area contributed by atoms with E-state index >= 15 is 0 Å². The van der Waals surface area contributed by atoms with Crippen LogP contribution in [0.5, 0.6) is 5.75 Å². The molecule has 0 amide bonds. The lowest BCUT2D eigenvalue weighted by molar-refractivity contribution is -0.149. The normalized spacial score (nSPS) is 12.4. The van der Waals surface area contributed by atoms with Gasteiger partial charge in [0, 0.05) is 32.7 Å². The summed E-state index contributed by atoms with van der Waals surface area (Å²) < 4.78 is 15.6. The minimum absolute atomic E-state index is 0.320. The Balaban J connectivity index is 1.56. The Labute approximate surface area is 196 Å². The van der Waals surface area contributed by atoms with Crippen molar-refractivity contribution in [3.05, 3.63) is 75.2 Å². The van der Waals surface area contributed by atoms with E-state index in [9.17, 15) is 9.90 Å². The molecule has 0 aliphatic carbocycles. The van der Waals surface area contributed by atoms with Crippen LogP contribution in [0.3, 0.4) is 0 Å². The summed E-state index contributed by atoms with van der Waals surface area (Å²) in [5.74, 6) is -0.233. The topological polar surface area (TPSA) is 60.7 Å². The highest BCUT2D eigenvalue weighted by Gasteiger charge is 2.18. The summed E-state index contributed by atoms with van der Waals surface area (Å²) >= 11 is 7.13. The molecule has 0 spiro atoms. The van der Waals surface area contributed by atoms with Gasteiger partial charge in [-0.15, -0.1) is 0 Å². The Hall–Kier alpha value is -2.35. The lowest BCUT2D eigenvalue weighted by atomic mass is 10.1. The summed E-state index contributed by atoms with van der Waals surface area (Å²) in [5.41, 5.74) is 3.07. The first-order valence-corrected chi connectivity index (χ1v) is 11.5. The standard InChI is InChI=1S/C24H21Br2NO4/c1-2-30-23(24(28)29)11-15-3-7-18(8-4-15)31-14-27-21-9-5-16(25)12-19(21)20-13-17(26)6-10-22(20)27/h3-10,12-13,23H,2,11,14H2,1H3,(H,28,29)/t23-/m0/s1. The smallest absolute Gasteiger partial charge is 0.333 e. The number of carboxylic acid groups (broad SMARTS) is 1. The van der Waals surface area contributed by atoms with Crippen LogP contribution in [0, 0.1) is 0 Å². The van der Waals surface area contributed by atoms with Gasteiger partial charge in [-0.25, -0.2) is 4.79 Å². The molecule has 0 bridgehead atoms. The van der Waals surface area contributed by atoms with Crippen molar-refractivity contribution in [3.63, 3.8) is 0 Å². The molecular weight excluding hydrogens is 526 g/mol. The molecule has 0 saturated carbocycles. The van der Waals surface area contributed by atoms with Crippen LogP contribution in [0.1, 0.15) is 12.5 Å². The van der Waals surface area contributed by atoms with E-state index in [0.717, 1.165) is 42.1 Å². The number of aromatic nitrogens is 1. The minimum atomic E-state index is -0.952. The summed E-state index contributed by atoms with van der Waals surface area (Å²) in [6.45, 7) is 2.52. The van der Waals surface area contributed by atoms with Gasteiger partial charge in [-0.05, 0) is 61.0 Å². The fourth-order valence-corrected chi connectivity index (χ4v) is 4.40. The molecule has 31 heavy (non-hydrogen) atoms. The van der Waals surface area contributed by atoms with Crippen LogP contribution in [0.4, 0.5) is 0 Å². The lowest BCUT2D eigenvalue weighted by Crippen LogP contribution is -2.26. The molecule has 1 N–H and O–H groups in total. The maximum atomic E-state index is 11.3. The van der Waals surface area contributed by atoms with Gasteiger partial charge in [-0.3, -0.25) is 0 Å². The van der Waals surface area contributed by atoms with E-state index in [-0.39, 0.29) is 0 Å². The van der Waals surface area contributed by atoms with Crippen molar-refractivity contribution in [2.75, 3.05) is 6.61 Å². The van der Waals surface area contributed by atoms with Crippen LogP contribution in [-0.2, 0) is 22.7 Å². The van der Waals surface area contributed by atoms with Crippen LogP contribution >= 0.6 is 31.9 Å². The Morgan fingerprint density at radius 1 is 0.968 bits per heavy atom. The minimum Gasteiger partial charge on any atom is -0.479 e. The van der Waals surface area contributed by atoms with Gasteiger partial charge in [0.05, 0.1) is 11.0 Å². The SMILES string of the molecule is CCO[C@@H](Cc1ccc(OCn2c3ccc(Br)cc3c3cc(Br)ccc32)cc1)C(=O)O. The number of fused-ring (bicyclic) bond motifs is 3. The molecule has 4 rings (SSSR count). The summed E-state index contributed by atoms with van der Waals surface area (Å²) in [5, 5.41) is 11.6. The molecule has 0 radical (unpaired) electrons. The van der Waals surface area contributed by atoms with Gasteiger partial charge in [0.1, 0.15) is 5.75 Å². The molecule has 1 aromatic heterocycles. The summed E-state index contributed by atoms with van der Waals surface area (Å²) in [6.07, 6.45) is -0.520. The number of aliphatic carboxylic acids is 1. The number of hydrogen-bond acceptors (Lipinski definition) is 3. The maximum absolute atomic E-state index is 11.3. The molecule has 3 aromatic carbocycles. The average Bonchev–Trinajstić information content (AvgIpc) is 3.05. The van der Waals surface area contributed by atoms with E-state index in [1.807, 2.05) is 36.4 Å². The molecule has 1 atom stereocenters. The molecule has 160 valence electrons. The zero-order valence-electron chi connectivity index (χ0n) is 16.8. The van der Waals surface area contributed by atoms with Gasteiger partial charge in [-0.1, -0.05) is 44.0 Å². The summed E-state index contributed by atoms with van der Waals surface area (Å²) in [6, 6.07) is 19.9. The highest BCUT2D eigenvalue weighted by Crippen LogP contribution is 2.33. The van der Waals surface area contributed by atoms with Crippen LogP contribution < -0.4 is 4.74 Å². The molecule has 4 aromatic rings. The first-order chi connectivity index (χ1) is 15.0. The molecule has 0 fully saturated rings. The van der Waals surface area contributed by atoms with Crippen molar-refractivity contribution in [3.8, 4) is 5.75 Å². The quantitative estimate of drug-likeness (QED) is 0.278. The first-order valence-electron chi connectivity index (χ1n) is 9.89. The highest BCUT2D eigenvalue weighted by molar-refractivity contribution is 9.10. The highest BCUT2D eigenvalue weighted by atomic mass is 79.9. The third-order valence-electron chi connectivity index (χ3n) is 5.14. The van der Waals surface area contributed by atoms with Crippen LogP contribution in [0.2, 0.25) is 0 Å². The first kappa shape index (κ1) is 21.9. The van der Waals surface area contributed by atoms with Gasteiger partial charge in [-0.2, -0.15) is 0 Å². The van der Waals surface area contributed by atoms with Crippen molar-refractivity contribution in [1.82, 2.24) is 4.57 Å². The summed E-state index contributed by atoms with van der Waals surface area (Å²) in [4.78, 5) is 11.3. The summed E-state index contributed by atoms with van der Waals surface area (Å²) in [7, 11) is 0. The third kappa shape index (κ3) is 4.79. The average molecular weight is 547 g/mol. The Morgan fingerprint density at radius 2 is 1.55 bits per heavy atom. The fraction of sp³-hybridized carbons (Fsp3) is 0.208. The van der Waals surface area contributed by atoms with E-state index in [2.05, 4.69) is 60.7 Å². The van der Waals surface area contributed by atoms with Gasteiger partial charge < -0.3 is 19.1 Å². The van der Waals surface area contributed by atoms with Crippen molar-refractivity contribution >= 4 is 59.6 Å². The monoisotopic (exact) mass is 545 g/mol. The predicted molar refractivity (Wildman–Crippen MR) is 129 cm³/mol. The molecule has 7 heteroatoms. The zero-order valence-corrected chi connectivity index (χ0v) is 20.0. The third-order valence-corrected chi connectivity index (χ3v) is 6.12. The number of benzene rings is 3. The Morgan fingerprint density at radius 3 is 2.06 bits per heavy atom. The molecule has 0 saturated heterocycles. The maximum Gasteiger partial charge on any atom is 0.333 e. The number of ether oxygens (including phenoxy) is 2. The number of rotatable bonds is 8. The number of carboxylic acids is 1.